The monoisotopic (exact) mass is 444 g/mol. The number of aliphatic hydroxyl groups is 1. The smallest absolute Gasteiger partial charge is 0.895 e. The maximum atomic E-state index is 9.90. The minimum atomic E-state index is -3.60. The van der Waals surface area contributed by atoms with Crippen molar-refractivity contribution in [3.63, 3.8) is 0 Å². The summed E-state index contributed by atoms with van der Waals surface area (Å²) in [6.07, 6.45) is 4.78. The van der Waals surface area contributed by atoms with Gasteiger partial charge in [0.05, 0.1) is 7.11 Å². The van der Waals surface area contributed by atoms with Gasteiger partial charge in [0.1, 0.15) is 0 Å². The third kappa shape index (κ3) is 68.1. The molecule has 0 aromatic heterocycles. The summed E-state index contributed by atoms with van der Waals surface area (Å²) >= 11 is 5.30. The van der Waals surface area contributed by atoms with Gasteiger partial charge in [-0.1, -0.05) is 0 Å². The second-order valence-electron chi connectivity index (χ2n) is 1.66. The van der Waals surface area contributed by atoms with Gasteiger partial charge in [0.2, 0.25) is 0 Å². The van der Waals surface area contributed by atoms with Crippen LogP contribution in [0.3, 0.4) is 0 Å². The van der Waals surface area contributed by atoms with Crippen LogP contribution in [0, 0.1) is 22.9 Å². The molecule has 0 rings (SSSR count). The van der Waals surface area contributed by atoms with E-state index in [0.717, 1.165) is 7.11 Å². The van der Waals surface area contributed by atoms with Crippen molar-refractivity contribution in [3.8, 4) is 12.4 Å². The summed E-state index contributed by atoms with van der Waals surface area (Å²) in [4.78, 5) is 5.95. The van der Waals surface area contributed by atoms with Crippen molar-refractivity contribution in [2.24, 2.45) is 9.98 Å². The molecule has 0 saturated heterocycles. The topological polar surface area (TPSA) is 136 Å². The summed E-state index contributed by atoms with van der Waals surface area (Å²) < 4.78 is 23.6. The van der Waals surface area contributed by atoms with Crippen molar-refractivity contribution in [2.45, 2.75) is 0 Å². The van der Waals surface area contributed by atoms with Crippen LogP contribution in [0.25, 0.3) is 0 Å². The Kier molecular flexibility index (Phi) is 95.9. The summed E-state index contributed by atoms with van der Waals surface area (Å²) in [6.45, 7) is 0. The number of nitriles is 2. The van der Waals surface area contributed by atoms with Crippen molar-refractivity contribution in [3.05, 3.63) is 0 Å². The Balaban J connectivity index is -0.0000000223. The van der Waals surface area contributed by atoms with E-state index in [2.05, 4.69) is 32.3 Å². The Morgan fingerprint density at radius 3 is 1.65 bits per heavy atom. The zero-order valence-corrected chi connectivity index (χ0v) is 23.5. The average Bonchev–Trinajstić information content (AvgIpc) is 2.39. The normalized spacial score (nSPS) is 7.52. The number of rotatable bonds is 3. The molecule has 0 aliphatic carbocycles. The van der Waals surface area contributed by atoms with Crippen LogP contribution in [-0.4, -0.2) is 43.9 Å². The molecule has 0 heterocycles. The van der Waals surface area contributed by atoms with E-state index in [1.54, 1.807) is 12.4 Å². The molecule has 0 aromatic carbocycles. The van der Waals surface area contributed by atoms with Gasteiger partial charge in [-0.2, -0.15) is 8.42 Å². The molecule has 0 aromatic rings. The van der Waals surface area contributed by atoms with Gasteiger partial charge < -0.3 is 70.8 Å². The Morgan fingerprint density at radius 1 is 1.22 bits per heavy atom. The Bertz CT molecular complexity index is 415. The third-order valence-corrected chi connectivity index (χ3v) is 1.88. The zero-order chi connectivity index (χ0) is 14.9. The SMILES string of the molecule is COS(=O)(=O)CO.CS[C-]=NC#N.N#CN=[C-][S-].[Na+].[Na+].[Na+].[SH-].[SH-]. The van der Waals surface area contributed by atoms with Gasteiger partial charge in [0, 0.05) is 0 Å². The predicted octanol–water partition coefficient (Wildman–Crippen LogP) is -9.96. The standard InChI is InChI=1S/C3H3N2S.C2N2S.C2H6O4S.3Na.2H2S/c1-6-3-5-2-4;3-1-4-2-5;1-6-7(4,5)2-3;;;;;/h1H3;;3H,2H2,1H3;;;;2*1H2/q-1;-2;;3*+1;;/p-2. The number of nitrogens with zero attached hydrogens (tertiary/aromatic N) is 4. The van der Waals surface area contributed by atoms with Gasteiger partial charge in [-0.3, -0.25) is 4.18 Å². The van der Waals surface area contributed by atoms with E-state index >= 15 is 0 Å². The number of hydrogen-bond acceptors (Lipinski definition) is 12. The molecule has 118 valence electrons. The van der Waals surface area contributed by atoms with E-state index < -0.39 is 16.1 Å². The maximum Gasteiger partial charge on any atom is 1.00 e. The van der Waals surface area contributed by atoms with Gasteiger partial charge in [0.15, 0.2) is 5.94 Å². The predicted molar refractivity (Wildman–Crippen MR) is 87.5 cm³/mol. The van der Waals surface area contributed by atoms with Gasteiger partial charge in [-0.25, -0.2) is 11.8 Å². The molecule has 0 atom stereocenters. The molecule has 8 nitrogen and oxygen atoms in total. The molecular formula is C7H11N4Na3O4S5-2. The van der Waals surface area contributed by atoms with Crippen LogP contribution in [0.1, 0.15) is 0 Å². The summed E-state index contributed by atoms with van der Waals surface area (Å²) in [7, 11) is -2.61. The second kappa shape index (κ2) is 44.2. The molecule has 16 heteroatoms. The summed E-state index contributed by atoms with van der Waals surface area (Å²) in [6, 6.07) is 0. The molecular weight excluding hydrogens is 433 g/mol. The fraction of sp³-hybridized carbons (Fsp3) is 0.429. The van der Waals surface area contributed by atoms with Gasteiger partial charge in [0.25, 0.3) is 10.1 Å². The van der Waals surface area contributed by atoms with Crippen LogP contribution in [-0.2, 0) is 53.9 Å². The fourth-order valence-corrected chi connectivity index (χ4v) is 0.418. The molecule has 0 saturated carbocycles. The second-order valence-corrected chi connectivity index (χ2v) is 4.14. The van der Waals surface area contributed by atoms with Crippen LogP contribution < -0.4 is 88.7 Å². The van der Waals surface area contributed by atoms with Crippen LogP contribution in [0.2, 0.25) is 0 Å². The van der Waals surface area contributed by atoms with Crippen molar-refractivity contribution >= 4 is 72.6 Å². The molecule has 0 amide bonds. The molecule has 1 N–H and O–H groups in total. The summed E-state index contributed by atoms with van der Waals surface area (Å²) in [5.74, 6) is -0.955. The van der Waals surface area contributed by atoms with E-state index in [1.165, 1.54) is 18.0 Å². The molecule has 0 spiro atoms. The number of hydrogen-bond donors (Lipinski definition) is 1. The zero-order valence-electron chi connectivity index (χ0n) is 13.3. The minimum absolute atomic E-state index is 0. The van der Waals surface area contributed by atoms with Crippen molar-refractivity contribution in [1.29, 1.82) is 10.5 Å². The first kappa shape index (κ1) is 50.0. The Morgan fingerprint density at radius 2 is 1.61 bits per heavy atom. The number of aliphatic imine (C=N–C) groups is 2. The van der Waals surface area contributed by atoms with Crippen LogP contribution in [0.15, 0.2) is 9.98 Å². The van der Waals surface area contributed by atoms with E-state index in [4.69, 9.17) is 15.6 Å². The van der Waals surface area contributed by atoms with Crippen LogP contribution >= 0.6 is 11.8 Å². The Hall–Kier alpha value is 2.46. The third-order valence-electron chi connectivity index (χ3n) is 0.695. The molecule has 0 radical (unpaired) electrons. The quantitative estimate of drug-likeness (QED) is 0.0653. The molecule has 23 heavy (non-hydrogen) atoms. The van der Waals surface area contributed by atoms with Crippen molar-refractivity contribution < 1.29 is 106 Å². The van der Waals surface area contributed by atoms with E-state index in [9.17, 15) is 8.42 Å². The van der Waals surface area contributed by atoms with E-state index in [1.807, 2.05) is 5.55 Å². The van der Waals surface area contributed by atoms with Crippen molar-refractivity contribution in [2.75, 3.05) is 19.3 Å². The number of thioether (sulfide) groups is 1. The van der Waals surface area contributed by atoms with Crippen molar-refractivity contribution in [1.82, 2.24) is 0 Å². The van der Waals surface area contributed by atoms with E-state index in [0.29, 0.717) is 0 Å². The van der Waals surface area contributed by atoms with Gasteiger partial charge >= 0.3 is 88.7 Å². The number of aliphatic hydroxyl groups excluding tert-OH is 1. The molecule has 0 unspecified atom stereocenters. The first-order valence-corrected chi connectivity index (χ1v) is 6.88. The van der Waals surface area contributed by atoms with Crippen LogP contribution in [0.5, 0.6) is 0 Å². The van der Waals surface area contributed by atoms with Gasteiger partial charge in [-0.15, -0.1) is 5.55 Å². The molecule has 0 bridgehead atoms. The molecule has 0 aliphatic rings. The largest absolute Gasteiger partial charge is 1.00 e. The fourth-order valence-electron chi connectivity index (χ4n) is 0.139. The average molecular weight is 444 g/mol. The Labute approximate surface area is 227 Å². The molecule has 0 aliphatic heterocycles. The summed E-state index contributed by atoms with van der Waals surface area (Å²) in [5, 5.41) is 23.1. The first-order valence-electron chi connectivity index (χ1n) is 3.67. The van der Waals surface area contributed by atoms with Crippen LogP contribution in [0.4, 0.5) is 0 Å². The van der Waals surface area contributed by atoms with Gasteiger partial charge in [-0.05, 0) is 18.6 Å². The number of thiol groups is 2. The summed E-state index contributed by atoms with van der Waals surface area (Å²) in [5.41, 5.74) is 4.24. The maximum absolute atomic E-state index is 9.90. The molecule has 0 fully saturated rings. The van der Waals surface area contributed by atoms with E-state index in [-0.39, 0.29) is 116 Å². The minimum Gasteiger partial charge on any atom is -0.895 e. The first-order chi connectivity index (χ1) is 8.45.